The molecule has 0 unspecified atom stereocenters. The van der Waals surface area contributed by atoms with Gasteiger partial charge in [0.2, 0.25) is 11.1 Å². The number of nitro groups is 1. The number of carbonyl (C=O) groups excluding carboxylic acids is 1. The maximum Gasteiger partial charge on any atom is 0.270 e. The Bertz CT molecular complexity index is 1120. The summed E-state index contributed by atoms with van der Waals surface area (Å²) < 4.78 is 1.51. The first-order chi connectivity index (χ1) is 15.4. The fraction of sp³-hybridized carbons (Fsp3) is 0.400. The Labute approximate surface area is 192 Å². The van der Waals surface area contributed by atoms with Gasteiger partial charge in [0.15, 0.2) is 11.0 Å². The minimum absolute atomic E-state index is 0.00963. The number of thioether (sulfide) groups is 1. The maximum absolute atomic E-state index is 12.7. The van der Waals surface area contributed by atoms with E-state index in [1.807, 2.05) is 0 Å². The molecule has 4 rings (SSSR count). The summed E-state index contributed by atoms with van der Waals surface area (Å²) in [6.45, 7) is 1.77. The third-order valence-electron chi connectivity index (χ3n) is 5.40. The highest BCUT2D eigenvalue weighted by Crippen LogP contribution is 2.33. The number of aromatic nitrogens is 4. The predicted molar refractivity (Wildman–Crippen MR) is 124 cm³/mol. The van der Waals surface area contributed by atoms with Gasteiger partial charge in [0.1, 0.15) is 0 Å². The van der Waals surface area contributed by atoms with Gasteiger partial charge in [-0.3, -0.25) is 14.9 Å². The molecule has 10 nitrogen and oxygen atoms in total. The van der Waals surface area contributed by atoms with Gasteiger partial charge in [-0.25, -0.2) is 9.66 Å². The second-order valence-corrected chi connectivity index (χ2v) is 9.81. The first-order valence-corrected chi connectivity index (χ1v) is 12.1. The van der Waals surface area contributed by atoms with Crippen molar-refractivity contribution in [3.05, 3.63) is 45.6 Å². The van der Waals surface area contributed by atoms with Crippen LogP contribution in [0.3, 0.4) is 0 Å². The first-order valence-electron chi connectivity index (χ1n) is 10.3. The van der Waals surface area contributed by atoms with E-state index < -0.39 is 10.2 Å². The van der Waals surface area contributed by atoms with Gasteiger partial charge in [0.05, 0.1) is 15.9 Å². The maximum atomic E-state index is 12.7. The molecule has 1 aliphatic carbocycles. The summed E-state index contributed by atoms with van der Waals surface area (Å²) in [4.78, 5) is 27.6. The first kappa shape index (κ1) is 22.2. The number of non-ortho nitro benzene ring substituents is 1. The molecule has 1 atom stereocenters. The van der Waals surface area contributed by atoms with E-state index in [1.165, 1.54) is 59.2 Å². The quantitative estimate of drug-likeness (QED) is 0.225. The largest absolute Gasteiger partial charge is 0.336 e. The number of nitrogens with zero attached hydrogens (tertiary/aromatic N) is 5. The van der Waals surface area contributed by atoms with Crippen LogP contribution < -0.4 is 11.2 Å². The van der Waals surface area contributed by atoms with Crippen LogP contribution in [0.4, 0.5) is 10.8 Å². The van der Waals surface area contributed by atoms with Crippen LogP contribution in [0.25, 0.3) is 11.3 Å². The zero-order valence-electron chi connectivity index (χ0n) is 17.4. The molecule has 1 saturated carbocycles. The summed E-state index contributed by atoms with van der Waals surface area (Å²) in [5.41, 5.74) is 1.17. The third kappa shape index (κ3) is 4.91. The molecule has 0 bridgehead atoms. The average molecular weight is 474 g/mol. The molecule has 0 spiro atoms. The van der Waals surface area contributed by atoms with Crippen molar-refractivity contribution in [2.45, 2.75) is 55.4 Å². The van der Waals surface area contributed by atoms with Crippen molar-refractivity contribution in [1.82, 2.24) is 19.9 Å². The van der Waals surface area contributed by atoms with Gasteiger partial charge in [0.25, 0.3) is 5.69 Å². The van der Waals surface area contributed by atoms with Gasteiger partial charge in [-0.15, -0.1) is 21.5 Å². The lowest BCUT2D eigenvalue weighted by Crippen LogP contribution is -2.24. The SMILES string of the molecule is C[C@H](Sc1nnc(C2CCCCC2)n1N)C(=O)Nc1nc(-c2cccc([N+](=O)[O-])c2)cs1. The monoisotopic (exact) mass is 473 g/mol. The molecule has 2 aromatic heterocycles. The number of nitrogen functional groups attached to an aromatic ring is 1. The number of rotatable bonds is 7. The van der Waals surface area contributed by atoms with Crippen LogP contribution in [0.5, 0.6) is 0 Å². The van der Waals surface area contributed by atoms with E-state index in [1.54, 1.807) is 24.4 Å². The van der Waals surface area contributed by atoms with E-state index in [0.717, 1.165) is 18.7 Å². The highest BCUT2D eigenvalue weighted by molar-refractivity contribution is 8.00. The number of amides is 1. The fourth-order valence-corrected chi connectivity index (χ4v) is 5.17. The summed E-state index contributed by atoms with van der Waals surface area (Å²) in [6.07, 6.45) is 5.71. The zero-order valence-corrected chi connectivity index (χ0v) is 19.1. The molecule has 0 aliphatic heterocycles. The van der Waals surface area contributed by atoms with E-state index in [9.17, 15) is 14.9 Å². The molecule has 1 amide bonds. The Kier molecular flexibility index (Phi) is 6.70. The Morgan fingerprint density at radius 3 is 2.88 bits per heavy atom. The van der Waals surface area contributed by atoms with Crippen molar-refractivity contribution < 1.29 is 9.72 Å². The van der Waals surface area contributed by atoms with Gasteiger partial charge in [-0.2, -0.15) is 0 Å². The van der Waals surface area contributed by atoms with E-state index in [0.29, 0.717) is 27.5 Å². The molecule has 0 saturated heterocycles. The lowest BCUT2D eigenvalue weighted by Gasteiger charge is -2.20. The van der Waals surface area contributed by atoms with Gasteiger partial charge >= 0.3 is 0 Å². The average Bonchev–Trinajstić information content (AvgIpc) is 3.41. The van der Waals surface area contributed by atoms with E-state index in [2.05, 4.69) is 20.5 Å². The van der Waals surface area contributed by atoms with E-state index in [4.69, 9.17) is 5.84 Å². The van der Waals surface area contributed by atoms with Crippen molar-refractivity contribution in [3.8, 4) is 11.3 Å². The van der Waals surface area contributed by atoms with Crippen LogP contribution in [0.1, 0.15) is 50.8 Å². The predicted octanol–water partition coefficient (Wildman–Crippen LogP) is 4.19. The summed E-state index contributed by atoms with van der Waals surface area (Å²) in [7, 11) is 0. The summed E-state index contributed by atoms with van der Waals surface area (Å²) in [5.74, 6) is 7.08. The van der Waals surface area contributed by atoms with Crippen LogP contribution in [-0.2, 0) is 4.79 Å². The molecule has 12 heteroatoms. The van der Waals surface area contributed by atoms with Crippen LogP contribution in [0, 0.1) is 10.1 Å². The second-order valence-electron chi connectivity index (χ2n) is 7.64. The molecule has 2 heterocycles. The Morgan fingerprint density at radius 2 is 2.12 bits per heavy atom. The number of hydrogen-bond acceptors (Lipinski definition) is 9. The van der Waals surface area contributed by atoms with Crippen molar-refractivity contribution in [2.24, 2.45) is 0 Å². The molecule has 3 N–H and O–H groups in total. The van der Waals surface area contributed by atoms with Crippen LogP contribution >= 0.6 is 23.1 Å². The van der Waals surface area contributed by atoms with Crippen molar-refractivity contribution in [2.75, 3.05) is 11.2 Å². The summed E-state index contributed by atoms with van der Waals surface area (Å²) >= 11 is 2.50. The topological polar surface area (TPSA) is 142 Å². The van der Waals surface area contributed by atoms with Gasteiger partial charge in [0, 0.05) is 29.0 Å². The summed E-state index contributed by atoms with van der Waals surface area (Å²) in [5, 5.41) is 24.4. The van der Waals surface area contributed by atoms with Gasteiger partial charge in [-0.1, -0.05) is 43.2 Å². The highest BCUT2D eigenvalue weighted by atomic mass is 32.2. The van der Waals surface area contributed by atoms with Crippen LogP contribution in [-0.4, -0.2) is 35.9 Å². The second kappa shape index (κ2) is 9.65. The van der Waals surface area contributed by atoms with Crippen molar-refractivity contribution in [1.29, 1.82) is 0 Å². The van der Waals surface area contributed by atoms with Crippen LogP contribution in [0.15, 0.2) is 34.8 Å². The highest BCUT2D eigenvalue weighted by Gasteiger charge is 2.25. The minimum Gasteiger partial charge on any atom is -0.336 e. The third-order valence-corrected chi connectivity index (χ3v) is 7.21. The van der Waals surface area contributed by atoms with Gasteiger partial charge < -0.3 is 11.2 Å². The normalized spacial score (nSPS) is 15.4. The molecule has 1 aliphatic rings. The molecular weight excluding hydrogens is 450 g/mol. The number of carbonyl (C=O) groups is 1. The number of nitrogens with two attached hydrogens (primary N) is 1. The van der Waals surface area contributed by atoms with Crippen molar-refractivity contribution >= 4 is 39.8 Å². The molecule has 168 valence electrons. The summed E-state index contributed by atoms with van der Waals surface area (Å²) in [6, 6.07) is 6.23. The number of anilines is 1. The van der Waals surface area contributed by atoms with Crippen molar-refractivity contribution in [3.63, 3.8) is 0 Å². The fourth-order valence-electron chi connectivity index (χ4n) is 3.67. The number of nitro benzene ring substituents is 1. The Hall–Kier alpha value is -2.99. The minimum atomic E-state index is -0.467. The Morgan fingerprint density at radius 1 is 1.34 bits per heavy atom. The Balaban J connectivity index is 1.39. The van der Waals surface area contributed by atoms with E-state index >= 15 is 0 Å². The lowest BCUT2D eigenvalue weighted by molar-refractivity contribution is -0.384. The molecule has 0 radical (unpaired) electrons. The molecule has 1 fully saturated rings. The smallest absolute Gasteiger partial charge is 0.270 e. The zero-order chi connectivity index (χ0) is 22.7. The standard InChI is InChI=1S/C20H23N7O3S2/c1-12(32-20-25-24-17(26(20)21)13-6-3-2-4-7-13)18(28)23-19-22-16(11-31-19)14-8-5-9-15(10-14)27(29)30/h5,8-13H,2-4,6-7,21H2,1H3,(H,22,23,28)/t12-/m0/s1. The van der Waals surface area contributed by atoms with Gasteiger partial charge in [-0.05, 0) is 19.8 Å². The van der Waals surface area contributed by atoms with Crippen LogP contribution in [0.2, 0.25) is 0 Å². The lowest BCUT2D eigenvalue weighted by atomic mass is 9.89. The molecule has 1 aromatic carbocycles. The number of nitrogens with one attached hydrogen (secondary N) is 1. The molecule has 3 aromatic rings. The number of thiazole rings is 1. The number of benzene rings is 1. The molecular formula is C20H23N7O3S2. The van der Waals surface area contributed by atoms with E-state index in [-0.39, 0.29) is 11.6 Å². The molecule has 32 heavy (non-hydrogen) atoms. The number of hydrogen-bond donors (Lipinski definition) is 2.